The molecule has 2 saturated heterocycles. The predicted molar refractivity (Wildman–Crippen MR) is 167 cm³/mol. The number of aromatic hydroxyl groups is 1. The zero-order valence-electron chi connectivity index (χ0n) is 24.8. The highest BCUT2D eigenvalue weighted by molar-refractivity contribution is 5.99. The monoisotopic (exact) mass is 608 g/mol. The number of carbonyl (C=O) groups excluding carboxylic acids is 3. The quantitative estimate of drug-likeness (QED) is 0.256. The van der Waals surface area contributed by atoms with Crippen LogP contribution in [0.3, 0.4) is 0 Å². The highest BCUT2D eigenvalue weighted by Gasteiger charge is 2.51. The fourth-order valence-electron chi connectivity index (χ4n) is 6.14. The lowest BCUT2D eigenvalue weighted by atomic mass is 9.97. The topological polar surface area (TPSA) is 133 Å². The van der Waals surface area contributed by atoms with E-state index in [1.807, 2.05) is 54.6 Å². The molecular formula is C33H36N8O4. The molecule has 0 bridgehead atoms. The van der Waals surface area contributed by atoms with Crippen molar-refractivity contribution in [2.75, 3.05) is 19.6 Å². The van der Waals surface area contributed by atoms with Crippen molar-refractivity contribution in [1.29, 1.82) is 0 Å². The first-order valence-corrected chi connectivity index (χ1v) is 14.9. The summed E-state index contributed by atoms with van der Waals surface area (Å²) in [5, 5.41) is 17.4. The number of hydrazone groups is 1. The Hall–Kier alpha value is -5.20. The van der Waals surface area contributed by atoms with E-state index in [1.54, 1.807) is 50.2 Å². The average molecular weight is 609 g/mol. The Morgan fingerprint density at radius 3 is 2.51 bits per heavy atom. The molecule has 2 fully saturated rings. The van der Waals surface area contributed by atoms with Gasteiger partial charge in [-0.3, -0.25) is 19.8 Å². The number of carbonyl (C=O) groups is 3. The number of hydrazine groups is 3. The van der Waals surface area contributed by atoms with Crippen LogP contribution in [-0.4, -0.2) is 80.3 Å². The van der Waals surface area contributed by atoms with Crippen LogP contribution in [0.2, 0.25) is 0 Å². The zero-order valence-corrected chi connectivity index (χ0v) is 24.8. The molecule has 3 amide bonds. The molecule has 3 aliphatic heterocycles. The minimum atomic E-state index is -0.839. The molecule has 0 saturated carbocycles. The number of amidine groups is 1. The van der Waals surface area contributed by atoms with Crippen LogP contribution < -0.4 is 16.5 Å². The summed E-state index contributed by atoms with van der Waals surface area (Å²) in [4.78, 5) is 45.3. The van der Waals surface area contributed by atoms with Gasteiger partial charge < -0.3 is 14.9 Å². The van der Waals surface area contributed by atoms with Crippen LogP contribution in [0.5, 0.6) is 5.75 Å². The van der Waals surface area contributed by atoms with E-state index >= 15 is 0 Å². The molecule has 0 aromatic heterocycles. The molecule has 3 aromatic rings. The number of hydrogen-bond donors (Lipinski definition) is 4. The summed E-state index contributed by atoms with van der Waals surface area (Å²) < 4.78 is 0. The van der Waals surface area contributed by atoms with Crippen LogP contribution in [0.1, 0.15) is 28.7 Å². The maximum Gasteiger partial charge on any atom is 0.246 e. The first-order valence-electron chi connectivity index (χ1n) is 14.9. The van der Waals surface area contributed by atoms with Crippen molar-refractivity contribution in [2.24, 2.45) is 5.10 Å². The number of fused-ring (bicyclic) bond motifs is 1. The number of nitrogens with one attached hydrogen (secondary N) is 3. The zero-order chi connectivity index (χ0) is 31.3. The van der Waals surface area contributed by atoms with E-state index in [1.165, 1.54) is 0 Å². The lowest BCUT2D eigenvalue weighted by Gasteiger charge is -2.55. The summed E-state index contributed by atoms with van der Waals surface area (Å²) in [6.07, 6.45) is 2.00. The van der Waals surface area contributed by atoms with Gasteiger partial charge in [0.1, 0.15) is 18.0 Å². The summed E-state index contributed by atoms with van der Waals surface area (Å²) in [5.41, 5.74) is 11.9. The molecule has 0 aliphatic carbocycles. The number of benzene rings is 3. The smallest absolute Gasteiger partial charge is 0.246 e. The van der Waals surface area contributed by atoms with Crippen LogP contribution >= 0.6 is 0 Å². The number of nitrogens with zero attached hydrogens (tertiary/aromatic N) is 5. The van der Waals surface area contributed by atoms with E-state index in [2.05, 4.69) is 28.2 Å². The minimum Gasteiger partial charge on any atom is -0.508 e. The van der Waals surface area contributed by atoms with Gasteiger partial charge in [0.05, 0.1) is 13.1 Å². The number of rotatable bonds is 10. The molecule has 232 valence electrons. The van der Waals surface area contributed by atoms with Gasteiger partial charge in [-0.15, -0.1) is 17.2 Å². The normalized spacial score (nSPS) is 19.9. The van der Waals surface area contributed by atoms with Crippen molar-refractivity contribution in [3.8, 4) is 5.75 Å². The Labute approximate surface area is 261 Å². The Bertz CT molecular complexity index is 1600. The highest BCUT2D eigenvalue weighted by atomic mass is 16.3. The Morgan fingerprint density at radius 1 is 1.00 bits per heavy atom. The van der Waals surface area contributed by atoms with Crippen molar-refractivity contribution in [1.82, 2.24) is 36.3 Å². The third-order valence-electron chi connectivity index (χ3n) is 8.24. The van der Waals surface area contributed by atoms with Crippen molar-refractivity contribution in [3.63, 3.8) is 0 Å². The van der Waals surface area contributed by atoms with Gasteiger partial charge in [0, 0.05) is 31.5 Å². The summed E-state index contributed by atoms with van der Waals surface area (Å²) >= 11 is 0. The molecule has 12 heteroatoms. The second kappa shape index (κ2) is 13.2. The van der Waals surface area contributed by atoms with Crippen molar-refractivity contribution in [2.45, 2.75) is 38.0 Å². The molecule has 6 rings (SSSR count). The summed E-state index contributed by atoms with van der Waals surface area (Å²) in [6.45, 7) is 4.55. The number of phenols is 1. The van der Waals surface area contributed by atoms with Crippen molar-refractivity contribution >= 4 is 23.6 Å². The summed E-state index contributed by atoms with van der Waals surface area (Å²) in [7, 11) is 0. The summed E-state index contributed by atoms with van der Waals surface area (Å²) in [6, 6.07) is 23.3. The largest absolute Gasteiger partial charge is 0.508 e. The first kappa shape index (κ1) is 29.9. The van der Waals surface area contributed by atoms with Crippen LogP contribution in [0.15, 0.2) is 96.6 Å². The fraction of sp³-hybridized carbons (Fsp3) is 0.273. The lowest BCUT2D eigenvalue weighted by Crippen LogP contribution is -2.75. The molecule has 0 radical (unpaired) electrons. The van der Waals surface area contributed by atoms with Gasteiger partial charge in [-0.05, 0) is 41.3 Å². The number of aryl methyl sites for hydroxylation is 1. The molecule has 45 heavy (non-hydrogen) atoms. The van der Waals surface area contributed by atoms with E-state index < -0.39 is 12.2 Å². The molecule has 3 aliphatic rings. The molecule has 3 heterocycles. The van der Waals surface area contributed by atoms with Gasteiger partial charge >= 0.3 is 0 Å². The summed E-state index contributed by atoms with van der Waals surface area (Å²) in [5.74, 6) is 0.174. The third kappa shape index (κ3) is 6.52. The van der Waals surface area contributed by atoms with E-state index in [0.29, 0.717) is 18.8 Å². The average Bonchev–Trinajstić information content (AvgIpc) is 3.59. The van der Waals surface area contributed by atoms with Crippen LogP contribution in [0, 0.1) is 0 Å². The lowest BCUT2D eigenvalue weighted by molar-refractivity contribution is -0.205. The standard InChI is InChI=1S/C33H36N8O4/c1-2-17-39-22-31(44)40-28(19-24-11-14-27(42)15-12-24)33(45)38(20-25-9-6-10-26(18-25)32-34-36-37-35-32)21-29(40)41(39)30(43)16-13-23-7-4-3-5-8-23/h2-12,14-15,18,28-29,36-37,42H,1,13,16-17,19-22H2,(H,34,35)/t28-,29-/m0/s1. The van der Waals surface area contributed by atoms with Gasteiger partial charge in [-0.1, -0.05) is 66.7 Å². The number of amides is 3. The Kier molecular flexibility index (Phi) is 8.76. The molecule has 4 N–H and O–H groups in total. The molecule has 0 unspecified atom stereocenters. The predicted octanol–water partition coefficient (Wildman–Crippen LogP) is 1.65. The van der Waals surface area contributed by atoms with Crippen LogP contribution in [-0.2, 0) is 33.8 Å². The van der Waals surface area contributed by atoms with Gasteiger partial charge in [-0.25, -0.2) is 15.6 Å². The third-order valence-corrected chi connectivity index (χ3v) is 8.24. The van der Waals surface area contributed by atoms with Gasteiger partial charge in [0.25, 0.3) is 0 Å². The Balaban J connectivity index is 1.33. The number of piperazine rings is 1. The van der Waals surface area contributed by atoms with E-state index in [-0.39, 0.29) is 55.9 Å². The number of hydrogen-bond acceptors (Lipinski definition) is 9. The molecule has 0 spiro atoms. The van der Waals surface area contributed by atoms with Gasteiger partial charge in [0.2, 0.25) is 17.7 Å². The van der Waals surface area contributed by atoms with Crippen LogP contribution in [0.25, 0.3) is 0 Å². The second-order valence-corrected chi connectivity index (χ2v) is 11.3. The molecule has 2 atom stereocenters. The van der Waals surface area contributed by atoms with Crippen molar-refractivity contribution < 1.29 is 19.5 Å². The Morgan fingerprint density at radius 2 is 1.78 bits per heavy atom. The molecule has 12 nitrogen and oxygen atoms in total. The minimum absolute atomic E-state index is 0.0435. The van der Waals surface area contributed by atoms with E-state index in [4.69, 9.17) is 0 Å². The van der Waals surface area contributed by atoms with Crippen molar-refractivity contribution in [3.05, 3.63) is 114 Å². The molecule has 3 aromatic carbocycles. The SMILES string of the molecule is C=CCN1CC(=O)N2[C@@H](Cc3ccc(O)cc3)C(=O)N(Cc3cccc(C4=NNNN4)c3)C[C@@H]2N1C(=O)CCc1ccccc1. The van der Waals surface area contributed by atoms with Gasteiger partial charge in [-0.2, -0.15) is 0 Å². The van der Waals surface area contributed by atoms with Gasteiger partial charge in [0.15, 0.2) is 5.84 Å². The van der Waals surface area contributed by atoms with E-state index in [0.717, 1.165) is 22.3 Å². The second-order valence-electron chi connectivity index (χ2n) is 11.3. The van der Waals surface area contributed by atoms with Crippen LogP contribution in [0.4, 0.5) is 0 Å². The molecular weight excluding hydrogens is 572 g/mol. The first-order chi connectivity index (χ1) is 21.9. The number of phenolic OH excluding ortho intramolecular Hbond substituents is 1. The maximum absolute atomic E-state index is 14.2. The highest BCUT2D eigenvalue weighted by Crippen LogP contribution is 2.30. The van der Waals surface area contributed by atoms with E-state index in [9.17, 15) is 19.5 Å². The maximum atomic E-state index is 14.2. The fourth-order valence-corrected chi connectivity index (χ4v) is 6.14.